The van der Waals surface area contributed by atoms with Crippen molar-refractivity contribution < 1.29 is 14.3 Å². The second-order valence-corrected chi connectivity index (χ2v) is 7.06. The van der Waals surface area contributed by atoms with Crippen LogP contribution in [-0.2, 0) is 16.0 Å². The molecule has 0 radical (unpaired) electrons. The van der Waals surface area contributed by atoms with E-state index in [2.05, 4.69) is 24.3 Å². The highest BCUT2D eigenvalue weighted by Gasteiger charge is 2.27. The van der Waals surface area contributed by atoms with Crippen molar-refractivity contribution in [1.29, 1.82) is 5.41 Å². The second-order valence-electron chi connectivity index (χ2n) is 7.06. The van der Waals surface area contributed by atoms with Crippen molar-refractivity contribution in [3.8, 4) is 5.75 Å². The summed E-state index contributed by atoms with van der Waals surface area (Å²) >= 11 is 0. The number of carbonyl (C=O) groups excluding carboxylic acids is 1. The van der Waals surface area contributed by atoms with E-state index in [4.69, 9.17) is 14.9 Å². The molecule has 2 aromatic carbocycles. The molecule has 1 saturated heterocycles. The van der Waals surface area contributed by atoms with E-state index in [1.54, 1.807) is 0 Å². The molecule has 0 atom stereocenters. The number of likely N-dealkylation sites (tertiary alicyclic amines) is 1. The van der Waals surface area contributed by atoms with Crippen molar-refractivity contribution in [2.24, 2.45) is 5.92 Å². The zero-order valence-electron chi connectivity index (χ0n) is 16.8. The summed E-state index contributed by atoms with van der Waals surface area (Å²) in [6.45, 7) is 3.88. The quantitative estimate of drug-likeness (QED) is 0.414. The van der Waals surface area contributed by atoms with Gasteiger partial charge in [0.25, 0.3) is 0 Å². The summed E-state index contributed by atoms with van der Waals surface area (Å²) in [5, 5.41) is 8.26. The molecule has 156 valence electrons. The fourth-order valence-corrected chi connectivity index (χ4v) is 3.42. The molecular formula is C23H29ClN2O3. The summed E-state index contributed by atoms with van der Waals surface area (Å²) in [5.41, 5.74) is 2.51. The third-order valence-corrected chi connectivity index (χ3v) is 5.05. The first-order chi connectivity index (χ1) is 13.7. The Morgan fingerprint density at radius 3 is 2.28 bits per heavy atom. The lowest BCUT2D eigenvalue weighted by molar-refractivity contribution is -0.149. The zero-order valence-corrected chi connectivity index (χ0v) is 17.6. The largest absolute Gasteiger partial charge is 0.486 e. The monoisotopic (exact) mass is 416 g/mol. The highest BCUT2D eigenvalue weighted by Crippen LogP contribution is 2.20. The molecule has 0 unspecified atom stereocenters. The van der Waals surface area contributed by atoms with Crippen LogP contribution in [-0.4, -0.2) is 43.0 Å². The van der Waals surface area contributed by atoms with Gasteiger partial charge in [0.15, 0.2) is 0 Å². The van der Waals surface area contributed by atoms with Gasteiger partial charge in [-0.1, -0.05) is 42.5 Å². The predicted octanol–water partition coefficient (Wildman–Crippen LogP) is 4.33. The van der Waals surface area contributed by atoms with E-state index in [-0.39, 0.29) is 30.9 Å². The molecule has 1 fully saturated rings. The number of rotatable bonds is 7. The summed E-state index contributed by atoms with van der Waals surface area (Å²) in [5.74, 6) is 1.07. The molecule has 3 rings (SSSR count). The molecule has 0 spiro atoms. The zero-order chi connectivity index (χ0) is 19.8. The fraction of sp³-hybridized carbons (Fsp3) is 0.391. The minimum atomic E-state index is -0.111. The van der Waals surface area contributed by atoms with Gasteiger partial charge in [-0.05, 0) is 49.4 Å². The van der Waals surface area contributed by atoms with E-state index in [9.17, 15) is 4.79 Å². The van der Waals surface area contributed by atoms with Crippen LogP contribution < -0.4 is 4.74 Å². The third kappa shape index (κ3) is 6.79. The van der Waals surface area contributed by atoms with Crippen molar-refractivity contribution in [1.82, 2.24) is 4.90 Å². The van der Waals surface area contributed by atoms with Crippen LogP contribution >= 0.6 is 12.4 Å². The van der Waals surface area contributed by atoms with Crippen LogP contribution in [0.3, 0.4) is 0 Å². The van der Waals surface area contributed by atoms with E-state index in [0.29, 0.717) is 25.5 Å². The minimum Gasteiger partial charge on any atom is -0.486 e. The van der Waals surface area contributed by atoms with Gasteiger partial charge in [0.2, 0.25) is 0 Å². The second kappa shape index (κ2) is 11.5. The van der Waals surface area contributed by atoms with E-state index in [1.807, 2.05) is 42.2 Å². The maximum absolute atomic E-state index is 11.8. The molecule has 1 heterocycles. The maximum Gasteiger partial charge on any atom is 0.309 e. The van der Waals surface area contributed by atoms with Crippen LogP contribution in [0.1, 0.15) is 30.9 Å². The van der Waals surface area contributed by atoms with Crippen LogP contribution in [0, 0.1) is 11.3 Å². The number of benzene rings is 2. The predicted molar refractivity (Wildman–Crippen MR) is 117 cm³/mol. The number of nitrogens with zero attached hydrogens (tertiary/aromatic N) is 1. The standard InChI is InChI=1S/C23H28N2O3.ClH/c1-2-27-23(26)20-12-14-25(15-13-20)22(24)17-28-21-10-8-19(9-11-21)16-18-6-4-3-5-7-18;/h3-11,20,24H,2,12-17H2,1H3;1H. The molecule has 29 heavy (non-hydrogen) atoms. The molecule has 0 amide bonds. The van der Waals surface area contributed by atoms with Gasteiger partial charge in [-0.3, -0.25) is 10.2 Å². The molecule has 5 nitrogen and oxygen atoms in total. The smallest absolute Gasteiger partial charge is 0.309 e. The molecule has 2 aromatic rings. The maximum atomic E-state index is 11.8. The lowest BCUT2D eigenvalue weighted by atomic mass is 9.97. The Balaban J connectivity index is 0.00000300. The highest BCUT2D eigenvalue weighted by atomic mass is 35.5. The third-order valence-electron chi connectivity index (χ3n) is 5.05. The minimum absolute atomic E-state index is 0. The van der Waals surface area contributed by atoms with Crippen LogP contribution in [0.2, 0.25) is 0 Å². The number of hydrogen-bond acceptors (Lipinski definition) is 4. The van der Waals surface area contributed by atoms with Crippen LogP contribution in [0.15, 0.2) is 54.6 Å². The van der Waals surface area contributed by atoms with Crippen molar-refractivity contribution in [2.75, 3.05) is 26.3 Å². The number of ether oxygens (including phenoxy) is 2. The number of carbonyl (C=O) groups is 1. The number of halogens is 1. The first kappa shape index (κ1) is 22.8. The Labute approximate surface area is 178 Å². The molecule has 0 bridgehead atoms. The molecular weight excluding hydrogens is 388 g/mol. The number of piperidine rings is 1. The van der Waals surface area contributed by atoms with Crippen molar-refractivity contribution in [3.05, 3.63) is 65.7 Å². The number of esters is 1. The van der Waals surface area contributed by atoms with Crippen molar-refractivity contribution in [3.63, 3.8) is 0 Å². The number of amidine groups is 1. The van der Waals surface area contributed by atoms with Gasteiger partial charge < -0.3 is 14.4 Å². The van der Waals surface area contributed by atoms with Gasteiger partial charge in [-0.2, -0.15) is 0 Å². The molecule has 6 heteroatoms. The normalized spacial score (nSPS) is 14.0. The summed E-state index contributed by atoms with van der Waals surface area (Å²) in [7, 11) is 0. The lowest BCUT2D eigenvalue weighted by Crippen LogP contribution is -2.42. The van der Waals surface area contributed by atoms with E-state index >= 15 is 0 Å². The van der Waals surface area contributed by atoms with E-state index < -0.39 is 0 Å². The molecule has 1 aliphatic heterocycles. The van der Waals surface area contributed by atoms with Crippen molar-refractivity contribution >= 4 is 24.2 Å². The van der Waals surface area contributed by atoms with Gasteiger partial charge in [-0.25, -0.2) is 0 Å². The summed E-state index contributed by atoms with van der Waals surface area (Å²) in [6.07, 6.45) is 2.36. The molecule has 1 N–H and O–H groups in total. The van der Waals surface area contributed by atoms with Gasteiger partial charge in [0, 0.05) is 13.1 Å². The van der Waals surface area contributed by atoms with Gasteiger partial charge in [-0.15, -0.1) is 12.4 Å². The van der Waals surface area contributed by atoms with Gasteiger partial charge in [0.1, 0.15) is 18.2 Å². The number of hydrogen-bond donors (Lipinski definition) is 1. The Kier molecular flexibility index (Phi) is 9.00. The van der Waals surface area contributed by atoms with Gasteiger partial charge >= 0.3 is 5.97 Å². The number of nitrogens with one attached hydrogen (secondary N) is 1. The Morgan fingerprint density at radius 2 is 1.66 bits per heavy atom. The molecule has 0 saturated carbocycles. The van der Waals surface area contributed by atoms with Crippen molar-refractivity contribution in [2.45, 2.75) is 26.2 Å². The Bertz CT molecular complexity index is 772. The highest BCUT2D eigenvalue weighted by molar-refractivity contribution is 5.85. The first-order valence-corrected chi connectivity index (χ1v) is 9.90. The Hall–Kier alpha value is -2.53. The Morgan fingerprint density at radius 1 is 1.03 bits per heavy atom. The van der Waals surface area contributed by atoms with Crippen LogP contribution in [0.5, 0.6) is 5.75 Å². The average Bonchev–Trinajstić information content (AvgIpc) is 2.74. The molecule has 1 aliphatic rings. The first-order valence-electron chi connectivity index (χ1n) is 9.90. The SMILES string of the molecule is CCOC(=O)C1CCN(C(=N)COc2ccc(Cc3ccccc3)cc2)CC1.Cl. The topological polar surface area (TPSA) is 62.6 Å². The summed E-state index contributed by atoms with van der Waals surface area (Å²) in [4.78, 5) is 13.8. The molecule has 0 aliphatic carbocycles. The molecule has 0 aromatic heterocycles. The fourth-order valence-electron chi connectivity index (χ4n) is 3.42. The lowest BCUT2D eigenvalue weighted by Gasteiger charge is -2.32. The van der Waals surface area contributed by atoms with Crippen LogP contribution in [0.4, 0.5) is 0 Å². The van der Waals surface area contributed by atoms with Crippen LogP contribution in [0.25, 0.3) is 0 Å². The van der Waals surface area contributed by atoms with Gasteiger partial charge in [0.05, 0.1) is 12.5 Å². The van der Waals surface area contributed by atoms with E-state index in [1.165, 1.54) is 11.1 Å². The summed E-state index contributed by atoms with van der Waals surface area (Å²) in [6, 6.07) is 18.4. The summed E-state index contributed by atoms with van der Waals surface area (Å²) < 4.78 is 10.9. The van der Waals surface area contributed by atoms with E-state index in [0.717, 1.165) is 25.0 Å². The average molecular weight is 417 g/mol.